The van der Waals surface area contributed by atoms with Gasteiger partial charge in [0.15, 0.2) is 0 Å². The number of piperidine rings is 1. The van der Waals surface area contributed by atoms with E-state index in [2.05, 4.69) is 5.32 Å². The molecular formula is C18H16F5N. The van der Waals surface area contributed by atoms with Gasteiger partial charge in [-0.3, -0.25) is 0 Å². The fraction of sp³-hybridized carbons (Fsp3) is 0.333. The normalized spacial score (nSPS) is 16.4. The van der Waals surface area contributed by atoms with Crippen LogP contribution in [0.2, 0.25) is 0 Å². The minimum Gasteiger partial charge on any atom is -0.317 e. The second-order valence-corrected chi connectivity index (χ2v) is 6.02. The summed E-state index contributed by atoms with van der Waals surface area (Å²) >= 11 is 0. The van der Waals surface area contributed by atoms with Gasteiger partial charge >= 0.3 is 6.18 Å². The first-order valence-electron chi connectivity index (χ1n) is 7.72. The van der Waals surface area contributed by atoms with E-state index in [1.807, 2.05) is 0 Å². The van der Waals surface area contributed by atoms with E-state index in [9.17, 15) is 22.0 Å². The molecule has 1 saturated heterocycles. The maximum atomic E-state index is 13.4. The summed E-state index contributed by atoms with van der Waals surface area (Å²) in [6.07, 6.45) is -3.04. The van der Waals surface area contributed by atoms with Gasteiger partial charge in [-0.1, -0.05) is 6.07 Å². The molecule has 3 rings (SSSR count). The van der Waals surface area contributed by atoms with E-state index in [-0.39, 0.29) is 17.0 Å². The molecule has 128 valence electrons. The van der Waals surface area contributed by atoms with Crippen LogP contribution in [0.15, 0.2) is 36.4 Å². The van der Waals surface area contributed by atoms with Crippen LogP contribution < -0.4 is 5.32 Å². The van der Waals surface area contributed by atoms with Gasteiger partial charge in [-0.15, -0.1) is 0 Å². The highest BCUT2D eigenvalue weighted by molar-refractivity contribution is 5.66. The summed E-state index contributed by atoms with van der Waals surface area (Å²) in [6, 6.07) is 6.49. The average Bonchev–Trinajstić information content (AvgIpc) is 2.53. The van der Waals surface area contributed by atoms with Crippen molar-refractivity contribution in [1.82, 2.24) is 5.32 Å². The molecule has 0 unspecified atom stereocenters. The number of hydrogen-bond donors (Lipinski definition) is 1. The van der Waals surface area contributed by atoms with Gasteiger partial charge < -0.3 is 5.32 Å². The van der Waals surface area contributed by atoms with Crippen LogP contribution in [0.3, 0.4) is 0 Å². The van der Waals surface area contributed by atoms with E-state index >= 15 is 0 Å². The van der Waals surface area contributed by atoms with E-state index in [1.54, 1.807) is 6.07 Å². The van der Waals surface area contributed by atoms with Crippen LogP contribution in [0, 0.1) is 11.6 Å². The van der Waals surface area contributed by atoms with Gasteiger partial charge in [-0.05, 0) is 72.8 Å². The van der Waals surface area contributed by atoms with E-state index in [4.69, 9.17) is 0 Å². The third-order valence-electron chi connectivity index (χ3n) is 4.29. The minimum absolute atomic E-state index is 0.00528. The maximum Gasteiger partial charge on any atom is 0.416 e. The molecule has 1 aliphatic rings. The van der Waals surface area contributed by atoms with Gasteiger partial charge in [0.05, 0.1) is 5.56 Å². The molecule has 2 aromatic rings. The van der Waals surface area contributed by atoms with Gasteiger partial charge in [-0.25, -0.2) is 8.78 Å². The summed E-state index contributed by atoms with van der Waals surface area (Å²) in [5, 5.41) is 3.17. The van der Waals surface area contributed by atoms with Crippen molar-refractivity contribution in [3.05, 3.63) is 59.2 Å². The zero-order valence-corrected chi connectivity index (χ0v) is 12.8. The zero-order valence-electron chi connectivity index (χ0n) is 12.8. The summed E-state index contributed by atoms with van der Waals surface area (Å²) in [5.74, 6) is -1.62. The molecule has 0 saturated carbocycles. The van der Waals surface area contributed by atoms with Crippen molar-refractivity contribution < 1.29 is 22.0 Å². The number of hydrogen-bond acceptors (Lipinski definition) is 1. The second-order valence-electron chi connectivity index (χ2n) is 6.02. The topological polar surface area (TPSA) is 12.0 Å². The third kappa shape index (κ3) is 3.75. The molecule has 1 heterocycles. The molecule has 1 fully saturated rings. The molecule has 0 radical (unpaired) electrons. The van der Waals surface area contributed by atoms with Crippen molar-refractivity contribution in [1.29, 1.82) is 0 Å². The van der Waals surface area contributed by atoms with Crippen molar-refractivity contribution in [3.8, 4) is 11.1 Å². The quantitative estimate of drug-likeness (QED) is 0.748. The molecular weight excluding hydrogens is 325 g/mol. The molecule has 2 aromatic carbocycles. The summed E-state index contributed by atoms with van der Waals surface area (Å²) in [7, 11) is 0. The molecule has 1 nitrogen and oxygen atoms in total. The fourth-order valence-electron chi connectivity index (χ4n) is 3.09. The van der Waals surface area contributed by atoms with E-state index in [0.29, 0.717) is 11.6 Å². The van der Waals surface area contributed by atoms with Crippen LogP contribution >= 0.6 is 0 Å². The Morgan fingerprint density at radius 1 is 0.792 bits per heavy atom. The van der Waals surface area contributed by atoms with Crippen molar-refractivity contribution in [3.63, 3.8) is 0 Å². The SMILES string of the molecule is Fc1cc(F)cc(-c2cc(C3CCNCC3)cc(C(F)(F)F)c2)c1. The Kier molecular flexibility index (Phi) is 4.58. The summed E-state index contributed by atoms with van der Waals surface area (Å²) < 4.78 is 66.6. The largest absolute Gasteiger partial charge is 0.416 e. The summed E-state index contributed by atoms with van der Waals surface area (Å²) in [6.45, 7) is 1.48. The molecule has 0 amide bonds. The predicted molar refractivity (Wildman–Crippen MR) is 81.6 cm³/mol. The van der Waals surface area contributed by atoms with Gasteiger partial charge in [-0.2, -0.15) is 13.2 Å². The molecule has 0 atom stereocenters. The lowest BCUT2D eigenvalue weighted by molar-refractivity contribution is -0.137. The Morgan fingerprint density at radius 3 is 1.96 bits per heavy atom. The van der Waals surface area contributed by atoms with Crippen molar-refractivity contribution in [2.45, 2.75) is 24.9 Å². The van der Waals surface area contributed by atoms with E-state index in [0.717, 1.165) is 50.2 Å². The standard InChI is InChI=1S/C18H16F5N/c19-16-8-14(9-17(20)10-16)13-5-12(11-1-3-24-4-2-11)6-15(7-13)18(21,22)23/h5-11,24H,1-4H2. The number of benzene rings is 2. The Labute approximate surface area is 136 Å². The van der Waals surface area contributed by atoms with Gasteiger partial charge in [0, 0.05) is 6.07 Å². The third-order valence-corrected chi connectivity index (χ3v) is 4.29. The van der Waals surface area contributed by atoms with Crippen molar-refractivity contribution in [2.24, 2.45) is 0 Å². The van der Waals surface area contributed by atoms with Crippen LogP contribution in [-0.2, 0) is 6.18 Å². The Balaban J connectivity index is 2.10. The Bertz CT molecular complexity index is 712. The minimum atomic E-state index is -4.51. The molecule has 24 heavy (non-hydrogen) atoms. The lowest BCUT2D eigenvalue weighted by Gasteiger charge is -2.24. The molecule has 0 bridgehead atoms. The summed E-state index contributed by atoms with van der Waals surface area (Å²) in [5.41, 5.74) is 0.0507. The van der Waals surface area contributed by atoms with E-state index < -0.39 is 23.4 Å². The lowest BCUT2D eigenvalue weighted by atomic mass is 9.87. The molecule has 0 aliphatic carbocycles. The number of halogens is 5. The number of alkyl halides is 3. The zero-order chi connectivity index (χ0) is 17.3. The first kappa shape index (κ1) is 16.9. The highest BCUT2D eigenvalue weighted by Crippen LogP contribution is 2.37. The van der Waals surface area contributed by atoms with Crippen LogP contribution in [0.1, 0.15) is 29.9 Å². The molecule has 1 N–H and O–H groups in total. The molecule has 0 spiro atoms. The Hall–Kier alpha value is -1.95. The van der Waals surface area contributed by atoms with Crippen LogP contribution in [0.25, 0.3) is 11.1 Å². The first-order valence-corrected chi connectivity index (χ1v) is 7.72. The number of rotatable bonds is 2. The molecule has 6 heteroatoms. The lowest BCUT2D eigenvalue weighted by Crippen LogP contribution is -2.26. The van der Waals surface area contributed by atoms with Gasteiger partial charge in [0.25, 0.3) is 0 Å². The fourth-order valence-corrected chi connectivity index (χ4v) is 3.09. The highest BCUT2D eigenvalue weighted by atomic mass is 19.4. The van der Waals surface area contributed by atoms with Crippen molar-refractivity contribution >= 4 is 0 Å². The number of nitrogens with one attached hydrogen (secondary N) is 1. The maximum absolute atomic E-state index is 13.4. The predicted octanol–water partition coefficient (Wildman–Crippen LogP) is 5.12. The van der Waals surface area contributed by atoms with Crippen molar-refractivity contribution in [2.75, 3.05) is 13.1 Å². The van der Waals surface area contributed by atoms with Crippen LogP contribution in [0.4, 0.5) is 22.0 Å². The second kappa shape index (κ2) is 6.51. The smallest absolute Gasteiger partial charge is 0.317 e. The Morgan fingerprint density at radius 2 is 1.38 bits per heavy atom. The van der Waals surface area contributed by atoms with E-state index in [1.165, 1.54) is 0 Å². The summed E-state index contributed by atoms with van der Waals surface area (Å²) in [4.78, 5) is 0. The van der Waals surface area contributed by atoms with Gasteiger partial charge in [0.1, 0.15) is 11.6 Å². The average molecular weight is 341 g/mol. The first-order chi connectivity index (χ1) is 11.3. The molecule has 1 aliphatic heterocycles. The van der Waals surface area contributed by atoms with Crippen LogP contribution in [0.5, 0.6) is 0 Å². The van der Waals surface area contributed by atoms with Crippen LogP contribution in [-0.4, -0.2) is 13.1 Å². The van der Waals surface area contributed by atoms with Gasteiger partial charge in [0.2, 0.25) is 0 Å². The molecule has 0 aromatic heterocycles. The monoisotopic (exact) mass is 341 g/mol. The highest BCUT2D eigenvalue weighted by Gasteiger charge is 2.32.